The molecule has 0 saturated carbocycles. The maximum atomic E-state index is 10.7. The molecule has 0 saturated heterocycles. The maximum Gasteiger partial charge on any atom is 0.0963 e. The molecule has 0 amide bonds. The number of hydrogen-bond donors (Lipinski definition) is 1. The molecule has 12 heavy (non-hydrogen) atoms. The van der Waals surface area contributed by atoms with Gasteiger partial charge in [-0.1, -0.05) is 0 Å². The lowest BCUT2D eigenvalue weighted by Gasteiger charge is -2.13. The zero-order valence-corrected chi connectivity index (χ0v) is 8.65. The van der Waals surface area contributed by atoms with Gasteiger partial charge in [-0.05, 0) is 20.3 Å². The van der Waals surface area contributed by atoms with E-state index in [9.17, 15) is 4.21 Å². The van der Waals surface area contributed by atoms with Crippen molar-refractivity contribution in [3.8, 4) is 6.07 Å². The molecule has 2 unspecified atom stereocenters. The molecule has 4 heteroatoms. The van der Waals surface area contributed by atoms with Crippen LogP contribution in [0.25, 0.3) is 0 Å². The molecule has 0 aromatic carbocycles. The molecule has 0 spiro atoms. The number of nitrogens with zero attached hydrogens (tertiary/aromatic N) is 1. The van der Waals surface area contributed by atoms with Gasteiger partial charge in [0.2, 0.25) is 0 Å². The van der Waals surface area contributed by atoms with Crippen LogP contribution in [-0.2, 0) is 10.8 Å². The molecule has 3 nitrogen and oxygen atoms in total. The average molecular weight is 188 g/mol. The lowest BCUT2D eigenvalue weighted by Crippen LogP contribution is -2.34. The predicted octanol–water partition coefficient (Wildman–Crippen LogP) is 0.645. The normalized spacial score (nSPS) is 15.6. The van der Waals surface area contributed by atoms with Crippen LogP contribution in [0.15, 0.2) is 0 Å². The van der Waals surface area contributed by atoms with E-state index in [1.165, 1.54) is 0 Å². The van der Waals surface area contributed by atoms with Gasteiger partial charge in [0.15, 0.2) is 0 Å². The number of nitriles is 1. The summed E-state index contributed by atoms with van der Waals surface area (Å²) in [5.74, 6) is 0.595. The van der Waals surface area contributed by atoms with Gasteiger partial charge in [-0.15, -0.1) is 0 Å². The van der Waals surface area contributed by atoms with Gasteiger partial charge in [0.05, 0.1) is 12.1 Å². The highest BCUT2D eigenvalue weighted by Crippen LogP contribution is 1.94. The molecule has 0 aromatic heterocycles. The Balaban J connectivity index is 3.70. The van der Waals surface area contributed by atoms with Crippen LogP contribution < -0.4 is 5.32 Å². The third-order valence-electron chi connectivity index (χ3n) is 1.38. The highest BCUT2D eigenvalue weighted by atomic mass is 32.2. The largest absolute Gasteiger partial charge is 0.300 e. The summed E-state index contributed by atoms with van der Waals surface area (Å²) >= 11 is 0. The predicted molar refractivity (Wildman–Crippen MR) is 51.2 cm³/mol. The summed E-state index contributed by atoms with van der Waals surface area (Å²) in [6, 6.07) is 2.29. The minimum atomic E-state index is -0.794. The number of hydrogen-bond acceptors (Lipinski definition) is 3. The average Bonchev–Trinajstić information content (AvgIpc) is 1.97. The summed E-state index contributed by atoms with van der Waals surface area (Å²) in [6.07, 6.45) is 2.32. The second-order valence-corrected chi connectivity index (χ2v) is 4.62. The van der Waals surface area contributed by atoms with Crippen molar-refractivity contribution < 1.29 is 4.21 Å². The van der Waals surface area contributed by atoms with Crippen LogP contribution in [0.1, 0.15) is 20.3 Å². The fourth-order valence-corrected chi connectivity index (χ4v) is 1.44. The number of rotatable bonds is 5. The second-order valence-electron chi connectivity index (χ2n) is 3.07. The molecular weight excluding hydrogens is 172 g/mol. The molecule has 0 aliphatic rings. The van der Waals surface area contributed by atoms with E-state index < -0.39 is 10.8 Å². The van der Waals surface area contributed by atoms with Crippen molar-refractivity contribution in [1.82, 2.24) is 5.32 Å². The molecular formula is C8H16N2OS. The Labute approximate surface area is 76.6 Å². The highest BCUT2D eigenvalue weighted by Gasteiger charge is 2.08. The van der Waals surface area contributed by atoms with Crippen LogP contribution in [0.4, 0.5) is 0 Å². The minimum Gasteiger partial charge on any atom is -0.300 e. The standard InChI is InChI=1S/C8H16N2OS/c1-7(2)10-8(6-9)4-5-12(3)11/h7-8,10H,4-5H2,1-3H3. The van der Waals surface area contributed by atoms with Gasteiger partial charge in [-0.2, -0.15) is 5.26 Å². The van der Waals surface area contributed by atoms with Crippen molar-refractivity contribution in [2.75, 3.05) is 12.0 Å². The van der Waals surface area contributed by atoms with Gasteiger partial charge in [0.25, 0.3) is 0 Å². The van der Waals surface area contributed by atoms with Gasteiger partial charge < -0.3 is 0 Å². The second kappa shape index (κ2) is 6.15. The molecule has 0 fully saturated rings. The first-order chi connectivity index (χ1) is 5.56. The maximum absolute atomic E-state index is 10.7. The zero-order chi connectivity index (χ0) is 9.56. The van der Waals surface area contributed by atoms with E-state index in [0.29, 0.717) is 18.2 Å². The van der Waals surface area contributed by atoms with Crippen LogP contribution in [0.3, 0.4) is 0 Å². The SMILES string of the molecule is CC(C)NC(C#N)CCS(C)=O. The summed E-state index contributed by atoms with van der Waals surface area (Å²) in [4.78, 5) is 0. The first-order valence-corrected chi connectivity index (χ1v) is 5.74. The Kier molecular flexibility index (Phi) is 5.95. The smallest absolute Gasteiger partial charge is 0.0963 e. The monoisotopic (exact) mass is 188 g/mol. The van der Waals surface area contributed by atoms with E-state index in [4.69, 9.17) is 5.26 Å². The summed E-state index contributed by atoms with van der Waals surface area (Å²) < 4.78 is 10.7. The van der Waals surface area contributed by atoms with Crippen LogP contribution >= 0.6 is 0 Å². The minimum absolute atomic E-state index is 0.158. The highest BCUT2D eigenvalue weighted by molar-refractivity contribution is 7.84. The summed E-state index contributed by atoms with van der Waals surface area (Å²) in [6.45, 7) is 3.99. The fourth-order valence-electron chi connectivity index (χ4n) is 0.871. The van der Waals surface area contributed by atoms with E-state index in [1.807, 2.05) is 13.8 Å². The molecule has 70 valence electrons. The Hall–Kier alpha value is -0.400. The quantitative estimate of drug-likeness (QED) is 0.689. The molecule has 0 heterocycles. The van der Waals surface area contributed by atoms with Crippen molar-refractivity contribution in [3.63, 3.8) is 0 Å². The third kappa shape index (κ3) is 6.32. The molecule has 0 bridgehead atoms. The molecule has 2 atom stereocenters. The van der Waals surface area contributed by atoms with Crippen LogP contribution in [0, 0.1) is 11.3 Å². The molecule has 0 radical (unpaired) electrons. The number of nitrogens with one attached hydrogen (secondary N) is 1. The Morgan fingerprint density at radius 2 is 2.17 bits per heavy atom. The Bertz CT molecular complexity index is 186. The molecule has 0 aromatic rings. The molecule has 1 N–H and O–H groups in total. The third-order valence-corrected chi connectivity index (χ3v) is 2.19. The van der Waals surface area contributed by atoms with Gasteiger partial charge in [0, 0.05) is 28.9 Å². The van der Waals surface area contributed by atoms with Gasteiger partial charge in [0.1, 0.15) is 0 Å². The molecule has 0 aliphatic heterocycles. The fraction of sp³-hybridized carbons (Fsp3) is 0.875. The van der Waals surface area contributed by atoms with Gasteiger partial charge in [-0.3, -0.25) is 9.53 Å². The van der Waals surface area contributed by atoms with Crippen molar-refractivity contribution in [2.45, 2.75) is 32.4 Å². The van der Waals surface area contributed by atoms with Crippen molar-refractivity contribution >= 4 is 10.8 Å². The molecule has 0 aliphatic carbocycles. The van der Waals surface area contributed by atoms with E-state index in [2.05, 4.69) is 11.4 Å². The van der Waals surface area contributed by atoms with Crippen LogP contribution in [-0.4, -0.2) is 28.3 Å². The van der Waals surface area contributed by atoms with Crippen LogP contribution in [0.5, 0.6) is 0 Å². The summed E-state index contributed by atoms with van der Waals surface area (Å²) in [5.41, 5.74) is 0. The van der Waals surface area contributed by atoms with E-state index in [1.54, 1.807) is 6.26 Å². The summed E-state index contributed by atoms with van der Waals surface area (Å²) in [5, 5.41) is 11.8. The van der Waals surface area contributed by atoms with Gasteiger partial charge in [-0.25, -0.2) is 0 Å². The summed E-state index contributed by atoms with van der Waals surface area (Å²) in [7, 11) is -0.794. The van der Waals surface area contributed by atoms with E-state index >= 15 is 0 Å². The lowest BCUT2D eigenvalue weighted by molar-refractivity contribution is 0.520. The van der Waals surface area contributed by atoms with Crippen molar-refractivity contribution in [2.24, 2.45) is 0 Å². The van der Waals surface area contributed by atoms with Crippen molar-refractivity contribution in [1.29, 1.82) is 5.26 Å². The van der Waals surface area contributed by atoms with Crippen molar-refractivity contribution in [3.05, 3.63) is 0 Å². The topological polar surface area (TPSA) is 52.9 Å². The lowest BCUT2D eigenvalue weighted by atomic mass is 10.2. The Morgan fingerprint density at radius 1 is 1.58 bits per heavy atom. The van der Waals surface area contributed by atoms with E-state index in [-0.39, 0.29) is 6.04 Å². The van der Waals surface area contributed by atoms with Gasteiger partial charge >= 0.3 is 0 Å². The molecule has 0 rings (SSSR count). The van der Waals surface area contributed by atoms with E-state index in [0.717, 1.165) is 0 Å². The van der Waals surface area contributed by atoms with Crippen LogP contribution in [0.2, 0.25) is 0 Å². The first-order valence-electron chi connectivity index (χ1n) is 4.02. The Morgan fingerprint density at radius 3 is 2.50 bits per heavy atom. The first kappa shape index (κ1) is 11.6. The zero-order valence-electron chi connectivity index (χ0n) is 7.83.